The number of halogens is 1. The molecule has 0 bridgehead atoms. The highest BCUT2D eigenvalue weighted by Gasteiger charge is 2.16. The van der Waals surface area contributed by atoms with Crippen LogP contribution in [0.1, 0.15) is 64.7 Å². The number of furan rings is 1. The first kappa shape index (κ1) is 16.6. The summed E-state index contributed by atoms with van der Waals surface area (Å²) in [5, 5.41) is 4.90. The van der Waals surface area contributed by atoms with Crippen molar-refractivity contribution >= 4 is 26.9 Å². The van der Waals surface area contributed by atoms with Gasteiger partial charge in [0.05, 0.1) is 6.04 Å². The van der Waals surface area contributed by atoms with Gasteiger partial charge < -0.3 is 9.73 Å². The maximum atomic E-state index is 5.98. The number of unbranched alkanes of at least 4 members (excludes halogenated alkanes) is 1. The monoisotopic (exact) mass is 351 g/mol. The number of fused-ring (bicyclic) bond motifs is 1. The lowest BCUT2D eigenvalue weighted by Crippen LogP contribution is -2.31. The Bertz CT molecular complexity index is 563. The minimum Gasteiger partial charge on any atom is -0.459 e. The van der Waals surface area contributed by atoms with E-state index in [1.807, 2.05) is 12.1 Å². The molecule has 21 heavy (non-hydrogen) atoms. The molecule has 2 atom stereocenters. The van der Waals surface area contributed by atoms with Crippen molar-refractivity contribution in [2.45, 2.75) is 65.0 Å². The molecule has 0 aliphatic rings. The van der Waals surface area contributed by atoms with Gasteiger partial charge in [-0.25, -0.2) is 0 Å². The number of hydrogen-bond acceptors (Lipinski definition) is 2. The average Bonchev–Trinajstić information content (AvgIpc) is 2.88. The van der Waals surface area contributed by atoms with Crippen LogP contribution in [0.5, 0.6) is 0 Å². The number of nitrogens with one attached hydrogen (secondary N) is 1. The van der Waals surface area contributed by atoms with Crippen molar-refractivity contribution in [2.75, 3.05) is 0 Å². The molecule has 116 valence electrons. The Morgan fingerprint density at radius 1 is 1.14 bits per heavy atom. The fourth-order valence-electron chi connectivity index (χ4n) is 2.79. The summed E-state index contributed by atoms with van der Waals surface area (Å²) in [4.78, 5) is 0. The highest BCUT2D eigenvalue weighted by Crippen LogP contribution is 2.27. The standard InChI is InChI=1S/C18H26BrNO/c1-4-6-8-16(7-5-2)20-13(3)18-12-14-11-15(19)9-10-17(14)21-18/h9-13,16,20H,4-8H2,1-3H3. The van der Waals surface area contributed by atoms with Crippen molar-refractivity contribution in [2.24, 2.45) is 0 Å². The van der Waals surface area contributed by atoms with Gasteiger partial charge in [0.2, 0.25) is 0 Å². The fraction of sp³-hybridized carbons (Fsp3) is 0.556. The van der Waals surface area contributed by atoms with Gasteiger partial charge in [0.25, 0.3) is 0 Å². The number of hydrogen-bond donors (Lipinski definition) is 1. The normalized spacial score (nSPS) is 14.5. The number of rotatable bonds is 8. The summed E-state index contributed by atoms with van der Waals surface area (Å²) in [6.07, 6.45) is 6.25. The van der Waals surface area contributed by atoms with Gasteiger partial charge in [0.15, 0.2) is 0 Å². The van der Waals surface area contributed by atoms with Crippen LogP contribution in [0.2, 0.25) is 0 Å². The third-order valence-electron chi connectivity index (χ3n) is 3.95. The van der Waals surface area contributed by atoms with E-state index in [2.05, 4.69) is 54.2 Å². The highest BCUT2D eigenvalue weighted by molar-refractivity contribution is 9.10. The van der Waals surface area contributed by atoms with Crippen molar-refractivity contribution in [3.05, 3.63) is 34.5 Å². The van der Waals surface area contributed by atoms with Crippen molar-refractivity contribution in [3.63, 3.8) is 0 Å². The summed E-state index contributed by atoms with van der Waals surface area (Å²) < 4.78 is 7.08. The Kier molecular flexibility index (Phi) is 6.31. The van der Waals surface area contributed by atoms with Crippen LogP contribution in [0, 0.1) is 0 Å². The van der Waals surface area contributed by atoms with Crippen molar-refractivity contribution in [3.8, 4) is 0 Å². The fourth-order valence-corrected chi connectivity index (χ4v) is 3.17. The molecule has 0 saturated heterocycles. The SMILES string of the molecule is CCCCC(CCC)NC(C)c1cc2cc(Br)ccc2o1. The van der Waals surface area contributed by atoms with E-state index in [1.54, 1.807) is 0 Å². The van der Waals surface area contributed by atoms with Gasteiger partial charge in [-0.2, -0.15) is 0 Å². The van der Waals surface area contributed by atoms with Crippen LogP contribution in [-0.4, -0.2) is 6.04 Å². The zero-order chi connectivity index (χ0) is 15.2. The third kappa shape index (κ3) is 4.58. The van der Waals surface area contributed by atoms with Crippen LogP contribution in [0.25, 0.3) is 11.0 Å². The molecule has 2 rings (SSSR count). The molecular weight excluding hydrogens is 326 g/mol. The smallest absolute Gasteiger partial charge is 0.134 e. The quantitative estimate of drug-likeness (QED) is 0.611. The van der Waals surface area contributed by atoms with Crippen LogP contribution in [-0.2, 0) is 0 Å². The zero-order valence-corrected chi connectivity index (χ0v) is 14.9. The Hall–Kier alpha value is -0.800. The Morgan fingerprint density at radius 3 is 2.67 bits per heavy atom. The average molecular weight is 352 g/mol. The van der Waals surface area contributed by atoms with Crippen molar-refractivity contribution < 1.29 is 4.42 Å². The molecule has 0 fully saturated rings. The van der Waals surface area contributed by atoms with Crippen molar-refractivity contribution in [1.82, 2.24) is 5.32 Å². The Labute approximate surface area is 136 Å². The minimum absolute atomic E-state index is 0.254. The van der Waals surface area contributed by atoms with E-state index in [9.17, 15) is 0 Å². The molecule has 0 aliphatic carbocycles. The molecule has 2 nitrogen and oxygen atoms in total. The molecule has 0 saturated carbocycles. The summed E-state index contributed by atoms with van der Waals surface area (Å²) in [6, 6.07) is 9.15. The molecule has 0 radical (unpaired) electrons. The molecule has 1 aromatic carbocycles. The summed E-state index contributed by atoms with van der Waals surface area (Å²) >= 11 is 3.51. The molecule has 1 aromatic heterocycles. The van der Waals surface area contributed by atoms with E-state index in [-0.39, 0.29) is 6.04 Å². The van der Waals surface area contributed by atoms with Gasteiger partial charge in [-0.1, -0.05) is 49.0 Å². The zero-order valence-electron chi connectivity index (χ0n) is 13.3. The van der Waals surface area contributed by atoms with E-state index in [0.29, 0.717) is 6.04 Å². The summed E-state index contributed by atoms with van der Waals surface area (Å²) in [6.45, 7) is 6.70. The molecule has 0 spiro atoms. The lowest BCUT2D eigenvalue weighted by Gasteiger charge is -2.21. The maximum Gasteiger partial charge on any atom is 0.134 e. The second-order valence-corrected chi connectivity index (χ2v) is 6.76. The second-order valence-electron chi connectivity index (χ2n) is 5.85. The first-order valence-electron chi connectivity index (χ1n) is 8.09. The van der Waals surface area contributed by atoms with Crippen LogP contribution in [0.15, 0.2) is 33.2 Å². The molecule has 3 heteroatoms. The van der Waals surface area contributed by atoms with E-state index in [1.165, 1.54) is 32.1 Å². The van der Waals surface area contributed by atoms with E-state index < -0.39 is 0 Å². The summed E-state index contributed by atoms with van der Waals surface area (Å²) in [5.74, 6) is 1.03. The summed E-state index contributed by atoms with van der Waals surface area (Å²) in [5.41, 5.74) is 0.961. The topological polar surface area (TPSA) is 25.2 Å². The van der Waals surface area contributed by atoms with E-state index in [4.69, 9.17) is 4.42 Å². The Morgan fingerprint density at radius 2 is 1.95 bits per heavy atom. The van der Waals surface area contributed by atoms with Crippen molar-refractivity contribution in [1.29, 1.82) is 0 Å². The first-order valence-corrected chi connectivity index (χ1v) is 8.88. The van der Waals surface area contributed by atoms with Gasteiger partial charge in [0.1, 0.15) is 11.3 Å². The highest BCUT2D eigenvalue weighted by atomic mass is 79.9. The molecule has 1 N–H and O–H groups in total. The maximum absolute atomic E-state index is 5.98. The minimum atomic E-state index is 0.254. The van der Waals surface area contributed by atoms with Gasteiger partial charge in [0, 0.05) is 15.9 Å². The van der Waals surface area contributed by atoms with Gasteiger partial charge >= 0.3 is 0 Å². The van der Waals surface area contributed by atoms with Crippen LogP contribution >= 0.6 is 15.9 Å². The predicted molar refractivity (Wildman–Crippen MR) is 93.7 cm³/mol. The molecule has 0 aliphatic heterocycles. The van der Waals surface area contributed by atoms with E-state index in [0.717, 1.165) is 21.2 Å². The number of benzene rings is 1. The van der Waals surface area contributed by atoms with E-state index >= 15 is 0 Å². The Balaban J connectivity index is 2.07. The molecule has 2 unspecified atom stereocenters. The summed E-state index contributed by atoms with van der Waals surface area (Å²) in [7, 11) is 0. The van der Waals surface area contributed by atoms with Crippen LogP contribution in [0.4, 0.5) is 0 Å². The first-order chi connectivity index (χ1) is 10.1. The lowest BCUT2D eigenvalue weighted by molar-refractivity contribution is 0.363. The van der Waals surface area contributed by atoms with Gasteiger partial charge in [-0.05, 0) is 44.0 Å². The largest absolute Gasteiger partial charge is 0.459 e. The van der Waals surface area contributed by atoms with Crippen LogP contribution < -0.4 is 5.32 Å². The van der Waals surface area contributed by atoms with Crippen LogP contribution in [0.3, 0.4) is 0 Å². The second kappa shape index (κ2) is 8.00. The predicted octanol–water partition coefficient (Wildman–Crippen LogP) is 6.20. The molecule has 0 amide bonds. The molecule has 2 aromatic rings. The van der Waals surface area contributed by atoms with Gasteiger partial charge in [-0.15, -0.1) is 0 Å². The van der Waals surface area contributed by atoms with Gasteiger partial charge in [-0.3, -0.25) is 0 Å². The molecular formula is C18H26BrNO. The lowest BCUT2D eigenvalue weighted by atomic mass is 10.0. The third-order valence-corrected chi connectivity index (χ3v) is 4.45. The molecule has 1 heterocycles.